The molecule has 0 bridgehead atoms. The number of nitrogens with zero attached hydrogens (tertiary/aromatic N) is 1. The smallest absolute Gasteiger partial charge is 0.150 e. The fourth-order valence-electron chi connectivity index (χ4n) is 1.12. The van der Waals surface area contributed by atoms with E-state index in [1.54, 1.807) is 18.3 Å². The van der Waals surface area contributed by atoms with E-state index >= 15 is 0 Å². The highest BCUT2D eigenvalue weighted by molar-refractivity contribution is 5.84. The van der Waals surface area contributed by atoms with E-state index in [4.69, 9.17) is 0 Å². The molecule has 0 saturated carbocycles. The Kier molecular flexibility index (Phi) is 3.15. The molecule has 0 radical (unpaired) electrons. The number of pyridine rings is 1. The maximum atomic E-state index is 10.7. The van der Waals surface area contributed by atoms with Crippen molar-refractivity contribution in [3.8, 4) is 0 Å². The van der Waals surface area contributed by atoms with Gasteiger partial charge in [0.25, 0.3) is 0 Å². The number of allylic oxidation sites excluding steroid dienone is 1. The van der Waals surface area contributed by atoms with E-state index in [2.05, 4.69) is 11.6 Å². The largest absolute Gasteiger partial charge is 0.298 e. The molecule has 0 saturated heterocycles. The van der Waals surface area contributed by atoms with Crippen molar-refractivity contribution in [2.45, 2.75) is 6.92 Å². The van der Waals surface area contributed by atoms with E-state index < -0.39 is 0 Å². The van der Waals surface area contributed by atoms with Crippen LogP contribution in [-0.4, -0.2) is 11.3 Å². The highest BCUT2D eigenvalue weighted by Crippen LogP contribution is 2.13. The normalized spacial score (nSPS) is 10.2. The van der Waals surface area contributed by atoms with E-state index in [1.807, 2.05) is 19.1 Å². The number of rotatable bonds is 3. The predicted octanol–water partition coefficient (Wildman–Crippen LogP) is 2.57. The molecule has 1 rings (SSSR count). The molecule has 0 atom stereocenters. The second-order valence-corrected chi connectivity index (χ2v) is 2.52. The lowest BCUT2D eigenvalue weighted by molar-refractivity contribution is 0.112. The first kappa shape index (κ1) is 9.39. The van der Waals surface area contributed by atoms with Crippen molar-refractivity contribution in [2.75, 3.05) is 0 Å². The summed E-state index contributed by atoms with van der Waals surface area (Å²) in [6.07, 6.45) is 7.80. The van der Waals surface area contributed by atoms with E-state index in [-0.39, 0.29) is 0 Å². The fraction of sp³-hybridized carbons (Fsp3) is 0.0909. The summed E-state index contributed by atoms with van der Waals surface area (Å²) in [7, 11) is 0. The Hall–Kier alpha value is -1.70. The van der Waals surface area contributed by atoms with Crippen LogP contribution < -0.4 is 0 Å². The molecule has 0 aliphatic rings. The van der Waals surface area contributed by atoms with Crippen LogP contribution in [0.25, 0.3) is 12.2 Å². The number of aromatic nitrogens is 1. The molecule has 0 aromatic carbocycles. The standard InChI is InChI=1S/C11H11NO/c1-3-5-10-9(8-13)6-7-12-11(10)4-2/h3-8H,2H2,1H3/b5-3-. The molecule has 0 aliphatic heterocycles. The Balaban J connectivity index is 3.37. The van der Waals surface area contributed by atoms with Crippen LogP contribution in [0.2, 0.25) is 0 Å². The van der Waals surface area contributed by atoms with Crippen LogP contribution in [0.3, 0.4) is 0 Å². The molecule has 0 unspecified atom stereocenters. The molecule has 1 heterocycles. The molecule has 0 spiro atoms. The summed E-state index contributed by atoms with van der Waals surface area (Å²) in [6.45, 7) is 5.53. The summed E-state index contributed by atoms with van der Waals surface area (Å²) in [5, 5.41) is 0. The zero-order chi connectivity index (χ0) is 9.68. The third kappa shape index (κ3) is 1.90. The quantitative estimate of drug-likeness (QED) is 0.657. The van der Waals surface area contributed by atoms with Crippen molar-refractivity contribution in [3.63, 3.8) is 0 Å². The lowest BCUT2D eigenvalue weighted by Gasteiger charge is -2.01. The highest BCUT2D eigenvalue weighted by Gasteiger charge is 2.02. The number of hydrogen-bond acceptors (Lipinski definition) is 2. The molecular weight excluding hydrogens is 162 g/mol. The highest BCUT2D eigenvalue weighted by atomic mass is 16.1. The van der Waals surface area contributed by atoms with Crippen LogP contribution in [0, 0.1) is 0 Å². The van der Waals surface area contributed by atoms with Crippen molar-refractivity contribution in [2.24, 2.45) is 0 Å². The number of carbonyl (C=O) groups is 1. The Morgan fingerprint density at radius 2 is 2.31 bits per heavy atom. The SMILES string of the molecule is C=Cc1nccc(C=O)c1/C=C\C. The van der Waals surface area contributed by atoms with Gasteiger partial charge in [-0.15, -0.1) is 0 Å². The zero-order valence-electron chi connectivity index (χ0n) is 7.53. The Morgan fingerprint density at radius 1 is 1.54 bits per heavy atom. The molecule has 1 aromatic heterocycles. The second kappa shape index (κ2) is 4.36. The van der Waals surface area contributed by atoms with Crippen molar-refractivity contribution in [1.29, 1.82) is 0 Å². The maximum absolute atomic E-state index is 10.7. The minimum Gasteiger partial charge on any atom is -0.298 e. The van der Waals surface area contributed by atoms with Crippen LogP contribution in [0.5, 0.6) is 0 Å². The molecule has 66 valence electrons. The monoisotopic (exact) mass is 173 g/mol. The summed E-state index contributed by atoms with van der Waals surface area (Å²) < 4.78 is 0. The third-order valence-corrected chi connectivity index (χ3v) is 1.71. The first-order valence-corrected chi connectivity index (χ1v) is 4.02. The van der Waals surface area contributed by atoms with Gasteiger partial charge >= 0.3 is 0 Å². The van der Waals surface area contributed by atoms with Crippen LogP contribution in [0.4, 0.5) is 0 Å². The van der Waals surface area contributed by atoms with Gasteiger partial charge in [0, 0.05) is 17.3 Å². The average molecular weight is 173 g/mol. The molecule has 0 fully saturated rings. The van der Waals surface area contributed by atoms with Gasteiger partial charge in [-0.05, 0) is 19.1 Å². The van der Waals surface area contributed by atoms with Crippen LogP contribution in [0.1, 0.15) is 28.5 Å². The first-order chi connectivity index (χ1) is 6.33. The lowest BCUT2D eigenvalue weighted by Crippen LogP contribution is -1.92. The number of carbonyl (C=O) groups excluding carboxylic acids is 1. The van der Waals surface area contributed by atoms with E-state index in [0.29, 0.717) is 5.56 Å². The molecule has 0 amide bonds. The van der Waals surface area contributed by atoms with Gasteiger partial charge in [-0.1, -0.05) is 18.7 Å². The summed E-state index contributed by atoms with van der Waals surface area (Å²) in [6, 6.07) is 1.69. The van der Waals surface area contributed by atoms with Gasteiger partial charge in [0.15, 0.2) is 6.29 Å². The zero-order valence-corrected chi connectivity index (χ0v) is 7.53. The van der Waals surface area contributed by atoms with Crippen LogP contribution >= 0.6 is 0 Å². The number of hydrogen-bond donors (Lipinski definition) is 0. The predicted molar refractivity (Wildman–Crippen MR) is 54.4 cm³/mol. The van der Waals surface area contributed by atoms with Crippen molar-refractivity contribution in [1.82, 2.24) is 4.98 Å². The summed E-state index contributed by atoms with van der Waals surface area (Å²) in [5.74, 6) is 0. The summed E-state index contributed by atoms with van der Waals surface area (Å²) in [4.78, 5) is 14.8. The van der Waals surface area contributed by atoms with Gasteiger partial charge in [0.1, 0.15) is 0 Å². The van der Waals surface area contributed by atoms with Gasteiger partial charge in [0.05, 0.1) is 5.69 Å². The maximum Gasteiger partial charge on any atom is 0.150 e. The van der Waals surface area contributed by atoms with Gasteiger partial charge in [-0.2, -0.15) is 0 Å². The molecule has 13 heavy (non-hydrogen) atoms. The van der Waals surface area contributed by atoms with Crippen molar-refractivity contribution < 1.29 is 4.79 Å². The second-order valence-electron chi connectivity index (χ2n) is 2.52. The molecule has 2 nitrogen and oxygen atoms in total. The van der Waals surface area contributed by atoms with Crippen molar-refractivity contribution >= 4 is 18.4 Å². The molecule has 0 aliphatic carbocycles. The average Bonchev–Trinajstić information content (AvgIpc) is 2.18. The van der Waals surface area contributed by atoms with Crippen molar-refractivity contribution in [3.05, 3.63) is 41.7 Å². The number of aldehydes is 1. The summed E-state index contributed by atoms with van der Waals surface area (Å²) in [5.41, 5.74) is 2.21. The molecular formula is C11H11NO. The van der Waals surface area contributed by atoms with Crippen LogP contribution in [0.15, 0.2) is 24.9 Å². The Morgan fingerprint density at radius 3 is 2.85 bits per heavy atom. The van der Waals surface area contributed by atoms with Gasteiger partial charge in [0.2, 0.25) is 0 Å². The Labute approximate surface area is 77.6 Å². The van der Waals surface area contributed by atoms with E-state index in [1.165, 1.54) is 0 Å². The third-order valence-electron chi connectivity index (χ3n) is 1.71. The summed E-state index contributed by atoms with van der Waals surface area (Å²) >= 11 is 0. The van der Waals surface area contributed by atoms with E-state index in [0.717, 1.165) is 17.5 Å². The molecule has 1 aromatic rings. The lowest BCUT2D eigenvalue weighted by atomic mass is 10.1. The van der Waals surface area contributed by atoms with Gasteiger partial charge in [-0.3, -0.25) is 9.78 Å². The molecule has 0 N–H and O–H groups in total. The minimum atomic E-state index is 0.642. The molecule has 2 heteroatoms. The Bertz CT molecular complexity index is 327. The topological polar surface area (TPSA) is 30.0 Å². The fourth-order valence-corrected chi connectivity index (χ4v) is 1.12. The van der Waals surface area contributed by atoms with Gasteiger partial charge in [-0.25, -0.2) is 0 Å². The first-order valence-electron chi connectivity index (χ1n) is 4.02. The van der Waals surface area contributed by atoms with E-state index in [9.17, 15) is 4.79 Å². The minimum absolute atomic E-state index is 0.642. The van der Waals surface area contributed by atoms with Crippen LogP contribution in [-0.2, 0) is 0 Å². The van der Waals surface area contributed by atoms with Gasteiger partial charge < -0.3 is 0 Å².